The van der Waals surface area contributed by atoms with Crippen LogP contribution in [0.4, 0.5) is 20.2 Å². The number of halogens is 2. The molecule has 2 aromatic carbocycles. The summed E-state index contributed by atoms with van der Waals surface area (Å²) in [6.07, 6.45) is 8.25. The maximum Gasteiger partial charge on any atom is 0.303 e. The van der Waals surface area contributed by atoms with Gasteiger partial charge in [-0.3, -0.25) is 14.3 Å². The molecule has 2 aromatic heterocycles. The van der Waals surface area contributed by atoms with E-state index in [1.807, 2.05) is 35.1 Å². The fourth-order valence-corrected chi connectivity index (χ4v) is 6.23. The van der Waals surface area contributed by atoms with Gasteiger partial charge in [0.2, 0.25) is 0 Å². The third-order valence-corrected chi connectivity index (χ3v) is 8.58. The second-order valence-corrected chi connectivity index (χ2v) is 11.7. The van der Waals surface area contributed by atoms with E-state index in [9.17, 15) is 18.4 Å². The number of benzene rings is 2. The summed E-state index contributed by atoms with van der Waals surface area (Å²) in [6.45, 7) is 3.13. The molecule has 8 nitrogen and oxygen atoms in total. The number of aromatic nitrogens is 3. The number of hydrogen-bond acceptors (Lipinski definition) is 5. The molecule has 5 rings (SSSR count). The Kier molecular flexibility index (Phi) is 9.66. The van der Waals surface area contributed by atoms with Crippen LogP contribution in [0.1, 0.15) is 74.5 Å². The zero-order valence-corrected chi connectivity index (χ0v) is 25.6. The van der Waals surface area contributed by atoms with Crippen LogP contribution in [-0.2, 0) is 24.8 Å². The average molecular weight is 607 g/mol. The quantitative estimate of drug-likeness (QED) is 0.158. The molecular formula is C34H40F2N4O4. The highest BCUT2D eigenvalue weighted by Gasteiger charge is 2.26. The predicted molar refractivity (Wildman–Crippen MR) is 168 cm³/mol. The Morgan fingerprint density at radius 3 is 2.52 bits per heavy atom. The van der Waals surface area contributed by atoms with Gasteiger partial charge in [-0.15, -0.1) is 0 Å². The van der Waals surface area contributed by atoms with E-state index < -0.39 is 12.4 Å². The summed E-state index contributed by atoms with van der Waals surface area (Å²) in [5.41, 5.74) is 4.93. The maximum absolute atomic E-state index is 14.6. The molecular weight excluding hydrogens is 566 g/mol. The number of hydrogen-bond donors (Lipinski definition) is 1. The van der Waals surface area contributed by atoms with Gasteiger partial charge in [0.15, 0.2) is 0 Å². The van der Waals surface area contributed by atoms with Crippen LogP contribution in [-0.4, -0.2) is 39.1 Å². The molecule has 4 aromatic rings. The molecule has 10 heteroatoms. The number of carbonyl (C=O) groups is 1. The van der Waals surface area contributed by atoms with Gasteiger partial charge in [-0.2, -0.15) is 5.10 Å². The molecule has 0 amide bonds. The van der Waals surface area contributed by atoms with Gasteiger partial charge in [-0.1, -0.05) is 25.7 Å². The van der Waals surface area contributed by atoms with Gasteiger partial charge < -0.3 is 19.3 Å². The molecule has 0 spiro atoms. The number of fused-ring (bicyclic) bond motifs is 2. The number of pyridine rings is 1. The zero-order chi connectivity index (χ0) is 31.4. The van der Waals surface area contributed by atoms with E-state index in [-0.39, 0.29) is 17.5 Å². The largest absolute Gasteiger partial charge is 0.497 e. The van der Waals surface area contributed by atoms with Crippen LogP contribution in [0.5, 0.6) is 5.75 Å². The van der Waals surface area contributed by atoms with Crippen molar-refractivity contribution < 1.29 is 23.4 Å². The number of rotatable bonds is 13. The minimum absolute atomic E-state index is 0.0349. The highest BCUT2D eigenvalue weighted by Crippen LogP contribution is 2.44. The van der Waals surface area contributed by atoms with Crippen molar-refractivity contribution in [1.82, 2.24) is 14.3 Å². The van der Waals surface area contributed by atoms with Crippen molar-refractivity contribution in [2.75, 3.05) is 18.6 Å². The Morgan fingerprint density at radius 2 is 1.80 bits per heavy atom. The first-order valence-corrected chi connectivity index (χ1v) is 15.3. The number of ether oxygens (including phenoxy) is 1. The molecule has 0 bridgehead atoms. The lowest BCUT2D eigenvalue weighted by Crippen LogP contribution is -2.26. The maximum atomic E-state index is 14.6. The Hall–Kier alpha value is -4.21. The molecule has 1 N–H and O–H groups in total. The Labute approximate surface area is 255 Å². The van der Waals surface area contributed by atoms with Crippen LogP contribution in [0.2, 0.25) is 0 Å². The average Bonchev–Trinajstić information content (AvgIpc) is 3.48. The Balaban J connectivity index is 1.41. The molecule has 1 aliphatic heterocycles. The predicted octanol–water partition coefficient (Wildman–Crippen LogP) is 7.56. The Morgan fingerprint density at radius 1 is 1.05 bits per heavy atom. The van der Waals surface area contributed by atoms with Crippen LogP contribution in [0.3, 0.4) is 0 Å². The lowest BCUT2D eigenvalue weighted by Gasteiger charge is -2.34. The third kappa shape index (κ3) is 6.64. The van der Waals surface area contributed by atoms with Gasteiger partial charge in [-0.05, 0) is 61.9 Å². The van der Waals surface area contributed by atoms with E-state index in [1.165, 1.54) is 0 Å². The number of methoxy groups -OCH3 is 1. The minimum Gasteiger partial charge on any atom is -0.497 e. The highest BCUT2D eigenvalue weighted by atomic mass is 19.3. The van der Waals surface area contributed by atoms with E-state index in [4.69, 9.17) is 9.84 Å². The van der Waals surface area contributed by atoms with Crippen molar-refractivity contribution in [3.8, 4) is 16.9 Å². The van der Waals surface area contributed by atoms with Crippen molar-refractivity contribution in [1.29, 1.82) is 0 Å². The second-order valence-electron chi connectivity index (χ2n) is 11.7. The number of anilines is 2. The van der Waals surface area contributed by atoms with Crippen LogP contribution in [0.15, 0.2) is 47.5 Å². The first-order valence-electron chi connectivity index (χ1n) is 15.3. The molecule has 3 heterocycles. The fraction of sp³-hybridized carbons (Fsp3) is 0.441. The molecule has 0 radical (unpaired) electrons. The lowest BCUT2D eigenvalue weighted by molar-refractivity contribution is -0.137. The van der Waals surface area contributed by atoms with Gasteiger partial charge >= 0.3 is 5.97 Å². The van der Waals surface area contributed by atoms with E-state index in [0.29, 0.717) is 42.0 Å². The van der Waals surface area contributed by atoms with E-state index in [2.05, 4.69) is 10.00 Å². The molecule has 0 atom stereocenters. The smallest absolute Gasteiger partial charge is 0.303 e. The monoisotopic (exact) mass is 606 g/mol. The summed E-state index contributed by atoms with van der Waals surface area (Å²) in [5.74, 6) is -0.157. The minimum atomic E-state index is -2.67. The SMILES string of the molecule is COc1cc(N2CCCc3cc(-c4cnn(CCCCCCCCC(=O)O)c4)c(C(F)F)cc32)c2cc(C)c(=O)n(C)c2c1. The first-order chi connectivity index (χ1) is 21.2. The third-order valence-electron chi connectivity index (χ3n) is 8.58. The van der Waals surface area contributed by atoms with Crippen molar-refractivity contribution in [2.45, 2.75) is 77.7 Å². The first kappa shape index (κ1) is 31.2. The summed E-state index contributed by atoms with van der Waals surface area (Å²) >= 11 is 0. The molecule has 44 heavy (non-hydrogen) atoms. The molecule has 234 valence electrons. The molecule has 0 saturated carbocycles. The number of aliphatic carboxylic acids is 1. The van der Waals surface area contributed by atoms with E-state index in [0.717, 1.165) is 72.8 Å². The van der Waals surface area contributed by atoms with Crippen LogP contribution < -0.4 is 15.2 Å². The van der Waals surface area contributed by atoms with Crippen LogP contribution in [0, 0.1) is 6.92 Å². The Bertz CT molecular complexity index is 1710. The zero-order valence-electron chi connectivity index (χ0n) is 25.6. The van der Waals surface area contributed by atoms with Crippen LogP contribution >= 0.6 is 0 Å². The van der Waals surface area contributed by atoms with Crippen molar-refractivity contribution in [3.63, 3.8) is 0 Å². The summed E-state index contributed by atoms with van der Waals surface area (Å²) < 4.78 is 38.3. The highest BCUT2D eigenvalue weighted by molar-refractivity contribution is 5.96. The van der Waals surface area contributed by atoms with Crippen molar-refractivity contribution in [2.24, 2.45) is 7.05 Å². The molecule has 0 fully saturated rings. The normalized spacial score (nSPS) is 13.1. The number of unbranched alkanes of at least 4 members (excludes halogenated alkanes) is 5. The molecule has 0 saturated heterocycles. The molecule has 0 unspecified atom stereocenters. The summed E-state index contributed by atoms with van der Waals surface area (Å²) in [7, 11) is 3.31. The topological polar surface area (TPSA) is 89.6 Å². The number of carboxylic acids is 1. The van der Waals surface area contributed by atoms with Crippen molar-refractivity contribution in [3.05, 3.63) is 69.8 Å². The summed E-state index contributed by atoms with van der Waals surface area (Å²) in [6, 6.07) is 9.13. The van der Waals surface area contributed by atoms with Gasteiger partial charge in [0.1, 0.15) is 5.75 Å². The number of carboxylic acid groups (broad SMARTS) is 1. The lowest BCUT2D eigenvalue weighted by atomic mass is 9.92. The second kappa shape index (κ2) is 13.6. The summed E-state index contributed by atoms with van der Waals surface area (Å²) in [5, 5.41) is 14.1. The van der Waals surface area contributed by atoms with E-state index >= 15 is 0 Å². The van der Waals surface area contributed by atoms with Crippen LogP contribution in [0.25, 0.3) is 22.0 Å². The van der Waals surface area contributed by atoms with Crippen molar-refractivity contribution >= 4 is 28.2 Å². The number of alkyl halides is 2. The number of nitrogens with zero attached hydrogens (tertiary/aromatic N) is 4. The van der Waals surface area contributed by atoms with Gasteiger partial charge in [0.25, 0.3) is 12.0 Å². The van der Waals surface area contributed by atoms with Gasteiger partial charge in [0, 0.05) is 72.7 Å². The van der Waals surface area contributed by atoms with Gasteiger partial charge in [-0.25, -0.2) is 8.78 Å². The summed E-state index contributed by atoms with van der Waals surface area (Å²) in [4.78, 5) is 25.4. The number of aryl methyl sites for hydroxylation is 4. The molecule has 0 aliphatic carbocycles. The van der Waals surface area contributed by atoms with E-state index in [1.54, 1.807) is 37.9 Å². The standard InChI is InChI=1S/C34H40F2N4O4/c1-22-15-28-30(38(2)34(22)43)17-25(44-3)18-31(28)40-14-10-11-23-16-26(27(33(35)36)19-29(23)40)24-20-37-39(21-24)13-9-7-5-4-6-8-12-32(41)42/h15-21,33H,4-14H2,1-3H3,(H,41,42). The fourth-order valence-electron chi connectivity index (χ4n) is 6.23. The van der Waals surface area contributed by atoms with Gasteiger partial charge in [0.05, 0.1) is 24.5 Å². The molecule has 1 aliphatic rings.